The van der Waals surface area contributed by atoms with Crippen LogP contribution in [0.5, 0.6) is 5.75 Å². The minimum Gasteiger partial charge on any atom is -0.495 e. The summed E-state index contributed by atoms with van der Waals surface area (Å²) < 4.78 is 37.8. The van der Waals surface area contributed by atoms with Crippen molar-refractivity contribution in [3.8, 4) is 5.75 Å². The van der Waals surface area contributed by atoms with Crippen molar-refractivity contribution in [2.75, 3.05) is 46.5 Å². The van der Waals surface area contributed by atoms with Crippen molar-refractivity contribution < 1.29 is 22.7 Å². The fraction of sp³-hybridized carbons (Fsp3) is 0.500. The molecule has 1 aromatic carbocycles. The lowest BCUT2D eigenvalue weighted by molar-refractivity contribution is -0.125. The molecule has 2 rings (SSSR count). The highest BCUT2D eigenvalue weighted by Crippen LogP contribution is 2.28. The average Bonchev–Trinajstić information content (AvgIpc) is 2.67. The van der Waals surface area contributed by atoms with E-state index < -0.39 is 10.0 Å². The van der Waals surface area contributed by atoms with Crippen molar-refractivity contribution in [1.29, 1.82) is 0 Å². The number of sulfonamides is 1. The first kappa shape index (κ1) is 20.4. The summed E-state index contributed by atoms with van der Waals surface area (Å²) in [6.45, 7) is 6.44. The molecular weight excluding hydrogens is 356 g/mol. The Balaban J connectivity index is 2.32. The highest BCUT2D eigenvalue weighted by Gasteiger charge is 2.29. The molecule has 26 heavy (non-hydrogen) atoms. The monoisotopic (exact) mass is 382 g/mol. The van der Waals surface area contributed by atoms with Gasteiger partial charge in [-0.1, -0.05) is 6.07 Å². The van der Waals surface area contributed by atoms with Gasteiger partial charge in [0.25, 0.3) is 0 Å². The van der Waals surface area contributed by atoms with Crippen LogP contribution in [0, 0.1) is 0 Å². The van der Waals surface area contributed by atoms with Crippen LogP contribution in [-0.2, 0) is 19.6 Å². The van der Waals surface area contributed by atoms with Gasteiger partial charge in [0.15, 0.2) is 0 Å². The molecule has 0 aromatic heterocycles. The molecule has 0 aliphatic carbocycles. The van der Waals surface area contributed by atoms with Crippen LogP contribution in [0.4, 0.5) is 0 Å². The fourth-order valence-electron chi connectivity index (χ4n) is 2.73. The second-order valence-corrected chi connectivity index (χ2v) is 7.68. The summed E-state index contributed by atoms with van der Waals surface area (Å²) >= 11 is 0. The van der Waals surface area contributed by atoms with Gasteiger partial charge in [-0.3, -0.25) is 4.79 Å². The summed E-state index contributed by atoms with van der Waals surface area (Å²) in [5.41, 5.74) is 0.623. The quantitative estimate of drug-likeness (QED) is 0.670. The van der Waals surface area contributed by atoms with Gasteiger partial charge < -0.3 is 14.4 Å². The molecule has 0 radical (unpaired) electrons. The van der Waals surface area contributed by atoms with E-state index in [1.54, 1.807) is 23.1 Å². The lowest BCUT2D eigenvalue weighted by Crippen LogP contribution is -2.40. The zero-order valence-electron chi connectivity index (χ0n) is 15.5. The van der Waals surface area contributed by atoms with Crippen LogP contribution in [0.25, 0.3) is 6.08 Å². The Kier molecular flexibility index (Phi) is 7.19. The Morgan fingerprint density at radius 3 is 2.50 bits per heavy atom. The zero-order chi connectivity index (χ0) is 19.2. The number of ether oxygens (including phenoxy) is 2. The van der Waals surface area contributed by atoms with Crippen molar-refractivity contribution >= 4 is 22.0 Å². The van der Waals surface area contributed by atoms with E-state index in [9.17, 15) is 13.2 Å². The molecule has 0 unspecified atom stereocenters. The van der Waals surface area contributed by atoms with E-state index in [0.29, 0.717) is 45.0 Å². The van der Waals surface area contributed by atoms with Gasteiger partial charge in [-0.25, -0.2) is 8.42 Å². The summed E-state index contributed by atoms with van der Waals surface area (Å²) in [6.07, 6.45) is 3.08. The van der Waals surface area contributed by atoms with Gasteiger partial charge in [-0.2, -0.15) is 4.31 Å². The van der Waals surface area contributed by atoms with E-state index in [4.69, 9.17) is 9.47 Å². The molecule has 1 fully saturated rings. The molecule has 1 saturated heterocycles. The minimum absolute atomic E-state index is 0.0966. The van der Waals surface area contributed by atoms with Crippen LogP contribution in [0.15, 0.2) is 29.2 Å². The van der Waals surface area contributed by atoms with Crippen LogP contribution < -0.4 is 4.74 Å². The van der Waals surface area contributed by atoms with E-state index in [-0.39, 0.29) is 16.6 Å². The SMILES string of the molecule is CCN(CC)C(=O)/C=C/c1ccc(OC)c(S(=O)(=O)N2CCOCC2)c1. The summed E-state index contributed by atoms with van der Waals surface area (Å²) in [5.74, 6) is 0.173. The highest BCUT2D eigenvalue weighted by atomic mass is 32.2. The molecule has 1 aliphatic rings. The summed E-state index contributed by atoms with van der Waals surface area (Å²) in [7, 11) is -2.25. The van der Waals surface area contributed by atoms with Crippen LogP contribution in [0.1, 0.15) is 19.4 Å². The maximum atomic E-state index is 12.9. The van der Waals surface area contributed by atoms with Gasteiger partial charge in [0, 0.05) is 32.3 Å². The maximum absolute atomic E-state index is 12.9. The first-order valence-electron chi connectivity index (χ1n) is 8.67. The van der Waals surface area contributed by atoms with E-state index >= 15 is 0 Å². The van der Waals surface area contributed by atoms with E-state index in [1.807, 2.05) is 13.8 Å². The molecule has 0 saturated carbocycles. The number of rotatable bonds is 7. The largest absolute Gasteiger partial charge is 0.495 e. The van der Waals surface area contributed by atoms with Crippen molar-refractivity contribution in [2.24, 2.45) is 0 Å². The highest BCUT2D eigenvalue weighted by molar-refractivity contribution is 7.89. The van der Waals surface area contributed by atoms with Gasteiger partial charge in [0.2, 0.25) is 15.9 Å². The third-order valence-corrected chi connectivity index (χ3v) is 6.19. The topological polar surface area (TPSA) is 76.2 Å². The number of hydrogen-bond acceptors (Lipinski definition) is 5. The molecule has 1 heterocycles. The Bertz CT molecular complexity index is 751. The number of nitrogens with zero attached hydrogens (tertiary/aromatic N) is 2. The van der Waals surface area contributed by atoms with Gasteiger partial charge in [0.1, 0.15) is 10.6 Å². The third-order valence-electron chi connectivity index (χ3n) is 4.27. The molecule has 0 spiro atoms. The van der Waals surface area contributed by atoms with E-state index in [1.165, 1.54) is 23.6 Å². The molecule has 8 heteroatoms. The van der Waals surface area contributed by atoms with Gasteiger partial charge in [-0.05, 0) is 37.6 Å². The van der Waals surface area contributed by atoms with Crippen LogP contribution in [0.2, 0.25) is 0 Å². The summed E-state index contributed by atoms with van der Waals surface area (Å²) in [6, 6.07) is 4.87. The second kappa shape index (κ2) is 9.16. The number of morpholine rings is 1. The molecule has 0 atom stereocenters. The Morgan fingerprint density at radius 2 is 1.92 bits per heavy atom. The average molecular weight is 382 g/mol. The van der Waals surface area contributed by atoms with Crippen LogP contribution in [-0.4, -0.2) is 70.0 Å². The van der Waals surface area contributed by atoms with Crippen molar-refractivity contribution in [3.63, 3.8) is 0 Å². The van der Waals surface area contributed by atoms with Crippen molar-refractivity contribution in [1.82, 2.24) is 9.21 Å². The smallest absolute Gasteiger partial charge is 0.246 e. The zero-order valence-corrected chi connectivity index (χ0v) is 16.3. The van der Waals surface area contributed by atoms with E-state index in [2.05, 4.69) is 0 Å². The Labute approximate surface area is 155 Å². The van der Waals surface area contributed by atoms with Crippen molar-refractivity contribution in [3.05, 3.63) is 29.8 Å². The van der Waals surface area contributed by atoms with Gasteiger partial charge in [-0.15, -0.1) is 0 Å². The number of benzene rings is 1. The molecule has 1 aliphatic heterocycles. The lowest BCUT2D eigenvalue weighted by atomic mass is 10.2. The first-order valence-corrected chi connectivity index (χ1v) is 10.1. The molecule has 0 N–H and O–H groups in total. The van der Waals surface area contributed by atoms with Crippen LogP contribution in [0.3, 0.4) is 0 Å². The number of hydrogen-bond donors (Lipinski definition) is 0. The van der Waals surface area contributed by atoms with Crippen LogP contribution >= 0.6 is 0 Å². The number of carbonyl (C=O) groups is 1. The Hall–Kier alpha value is -1.90. The molecule has 1 aromatic rings. The second-order valence-electron chi connectivity index (χ2n) is 5.77. The molecular formula is C18H26N2O5S. The predicted octanol–water partition coefficient (Wildman–Crippen LogP) is 1.60. The molecule has 144 valence electrons. The molecule has 0 bridgehead atoms. The fourth-order valence-corrected chi connectivity index (χ4v) is 4.33. The number of amides is 1. The van der Waals surface area contributed by atoms with Crippen molar-refractivity contribution in [2.45, 2.75) is 18.7 Å². The number of methoxy groups -OCH3 is 1. The third kappa shape index (κ3) is 4.63. The minimum atomic E-state index is -3.69. The number of likely N-dealkylation sites (N-methyl/N-ethyl adjacent to an activating group) is 1. The first-order chi connectivity index (χ1) is 12.4. The van der Waals surface area contributed by atoms with Gasteiger partial charge in [0.05, 0.1) is 20.3 Å². The Morgan fingerprint density at radius 1 is 1.27 bits per heavy atom. The maximum Gasteiger partial charge on any atom is 0.246 e. The molecule has 7 nitrogen and oxygen atoms in total. The lowest BCUT2D eigenvalue weighted by Gasteiger charge is -2.26. The molecule has 1 amide bonds. The summed E-state index contributed by atoms with van der Waals surface area (Å²) in [4.78, 5) is 13.9. The normalized spacial score (nSPS) is 16.0. The number of carbonyl (C=O) groups excluding carboxylic acids is 1. The standard InChI is InChI=1S/C18H26N2O5S/c1-4-19(5-2)18(21)9-7-15-6-8-16(24-3)17(14-15)26(22,23)20-10-12-25-13-11-20/h6-9,14H,4-5,10-13H2,1-3H3/b9-7+. The summed E-state index contributed by atoms with van der Waals surface area (Å²) in [5, 5.41) is 0. The predicted molar refractivity (Wildman–Crippen MR) is 99.5 cm³/mol. The van der Waals surface area contributed by atoms with E-state index in [0.717, 1.165) is 0 Å². The van der Waals surface area contributed by atoms with Gasteiger partial charge >= 0.3 is 0 Å².